The van der Waals surface area contributed by atoms with Crippen molar-refractivity contribution in [1.82, 2.24) is 0 Å². The van der Waals surface area contributed by atoms with E-state index in [0.29, 0.717) is 0 Å². The minimum atomic E-state index is -0.522. The average molecular weight is 108 g/mol. The van der Waals surface area contributed by atoms with Crippen molar-refractivity contribution in [2.75, 3.05) is 0 Å². The van der Waals surface area contributed by atoms with E-state index in [1.807, 2.05) is 0 Å². The van der Waals surface area contributed by atoms with Gasteiger partial charge < -0.3 is 5.73 Å². The summed E-state index contributed by atoms with van der Waals surface area (Å²) >= 11 is 4.85. The van der Waals surface area contributed by atoms with Crippen LogP contribution in [0.15, 0.2) is 0 Å². The van der Waals surface area contributed by atoms with Crippen molar-refractivity contribution in [2.24, 2.45) is 5.73 Å². The van der Waals surface area contributed by atoms with Crippen molar-refractivity contribution in [2.45, 2.75) is 13.0 Å². The summed E-state index contributed by atoms with van der Waals surface area (Å²) in [6, 6.07) is -0.522. The first-order valence-electron chi connectivity index (χ1n) is 1.59. The Hall–Kier alpha value is -0.0800. The summed E-state index contributed by atoms with van der Waals surface area (Å²) in [6.07, 6.45) is 0. The molecular formula is C3H6ClNO. The molecule has 0 bridgehead atoms. The molecule has 0 aliphatic heterocycles. The van der Waals surface area contributed by atoms with Gasteiger partial charge in [-0.1, -0.05) is 0 Å². The summed E-state index contributed by atoms with van der Waals surface area (Å²) in [5, 5.41) is -0.491. The van der Waals surface area contributed by atoms with Gasteiger partial charge in [-0.15, -0.1) is 0 Å². The van der Waals surface area contributed by atoms with Gasteiger partial charge in [0, 0.05) is 0 Å². The Labute approximate surface area is 41.3 Å². The fourth-order valence-corrected chi connectivity index (χ4v) is 0. The molecule has 3 heteroatoms. The van der Waals surface area contributed by atoms with Crippen LogP contribution in [0.5, 0.6) is 0 Å². The van der Waals surface area contributed by atoms with Crippen molar-refractivity contribution in [3.05, 3.63) is 0 Å². The molecule has 0 saturated carbocycles. The van der Waals surface area contributed by atoms with Gasteiger partial charge in [-0.05, 0) is 18.5 Å². The number of rotatable bonds is 1. The molecule has 0 rings (SSSR count). The molecule has 0 unspecified atom stereocenters. The largest absolute Gasteiger partial charge is 0.321 e. The Morgan fingerprint density at radius 3 is 2.17 bits per heavy atom. The van der Waals surface area contributed by atoms with E-state index in [1.165, 1.54) is 6.92 Å². The molecule has 6 heavy (non-hydrogen) atoms. The maximum absolute atomic E-state index is 9.78. The Morgan fingerprint density at radius 2 is 2.17 bits per heavy atom. The van der Waals surface area contributed by atoms with Crippen LogP contribution in [0.4, 0.5) is 0 Å². The fraction of sp³-hybridized carbons (Fsp3) is 0.667. The lowest BCUT2D eigenvalue weighted by atomic mass is 10.4. The van der Waals surface area contributed by atoms with Gasteiger partial charge in [0.25, 0.3) is 0 Å². The Kier molecular flexibility index (Phi) is 2.13. The van der Waals surface area contributed by atoms with Crippen LogP contribution in [0.2, 0.25) is 0 Å². The monoisotopic (exact) mass is 107 g/mol. The van der Waals surface area contributed by atoms with Crippen LogP contribution in [0.3, 0.4) is 0 Å². The topological polar surface area (TPSA) is 43.1 Å². The molecule has 2 N–H and O–H groups in total. The van der Waals surface area contributed by atoms with Gasteiger partial charge in [0.05, 0.1) is 6.04 Å². The molecule has 0 heterocycles. The number of carbonyl (C=O) groups is 1. The van der Waals surface area contributed by atoms with Gasteiger partial charge >= 0.3 is 0 Å². The van der Waals surface area contributed by atoms with Crippen LogP contribution >= 0.6 is 11.6 Å². The van der Waals surface area contributed by atoms with Crippen molar-refractivity contribution in [3.8, 4) is 0 Å². The lowest BCUT2D eigenvalue weighted by Crippen LogP contribution is -2.21. The summed E-state index contributed by atoms with van der Waals surface area (Å²) in [5.74, 6) is 0. The van der Waals surface area contributed by atoms with Gasteiger partial charge in [-0.2, -0.15) is 0 Å². The zero-order valence-corrected chi connectivity index (χ0v) is 4.20. The van der Waals surface area contributed by atoms with Crippen molar-refractivity contribution < 1.29 is 4.79 Å². The van der Waals surface area contributed by atoms with Crippen LogP contribution in [-0.4, -0.2) is 11.3 Å². The molecule has 0 radical (unpaired) electrons. The molecule has 0 aromatic rings. The molecule has 0 saturated heterocycles. The number of nitrogens with two attached hydrogens (primary N) is 1. The molecule has 2 nitrogen and oxygen atoms in total. The highest BCUT2D eigenvalue weighted by atomic mass is 35.5. The molecule has 1 atom stereocenters. The predicted molar refractivity (Wildman–Crippen MR) is 24.5 cm³/mol. The maximum atomic E-state index is 9.78. The van der Waals surface area contributed by atoms with Gasteiger partial charge in [0.1, 0.15) is 0 Å². The molecular weight excluding hydrogens is 101 g/mol. The van der Waals surface area contributed by atoms with Crippen molar-refractivity contribution >= 4 is 16.8 Å². The molecule has 0 aromatic heterocycles. The van der Waals surface area contributed by atoms with E-state index in [9.17, 15) is 4.79 Å². The first kappa shape index (κ1) is 5.92. The van der Waals surface area contributed by atoms with Crippen molar-refractivity contribution in [1.29, 1.82) is 0 Å². The number of halogens is 1. The molecule has 0 amide bonds. The maximum Gasteiger partial charge on any atom is 0.238 e. The molecule has 36 valence electrons. The third kappa shape index (κ3) is 2.18. The van der Waals surface area contributed by atoms with E-state index in [2.05, 4.69) is 0 Å². The third-order valence-corrected chi connectivity index (χ3v) is 0.702. The normalized spacial score (nSPS) is 13.8. The smallest absolute Gasteiger partial charge is 0.238 e. The Balaban J connectivity index is 3.26. The quantitative estimate of drug-likeness (QED) is 0.483. The van der Waals surface area contributed by atoms with E-state index in [4.69, 9.17) is 17.3 Å². The second kappa shape index (κ2) is 2.16. The highest BCUT2D eigenvalue weighted by Crippen LogP contribution is 1.81. The number of carbonyl (C=O) groups excluding carboxylic acids is 1. The first-order valence-corrected chi connectivity index (χ1v) is 1.97. The van der Waals surface area contributed by atoms with Crippen LogP contribution in [-0.2, 0) is 4.79 Å². The SMILES string of the molecule is C[C@H](N)C(=O)Cl. The van der Waals surface area contributed by atoms with E-state index < -0.39 is 11.3 Å². The summed E-state index contributed by atoms with van der Waals surface area (Å²) in [7, 11) is 0. The minimum Gasteiger partial charge on any atom is -0.321 e. The Bertz CT molecular complexity index is 61.8. The summed E-state index contributed by atoms with van der Waals surface area (Å²) in [4.78, 5) is 9.78. The molecule has 0 fully saturated rings. The summed E-state index contributed by atoms with van der Waals surface area (Å²) in [6.45, 7) is 1.54. The van der Waals surface area contributed by atoms with Gasteiger partial charge in [-0.3, -0.25) is 4.79 Å². The van der Waals surface area contributed by atoms with E-state index in [-0.39, 0.29) is 0 Å². The van der Waals surface area contributed by atoms with Crippen LogP contribution in [0.1, 0.15) is 6.92 Å². The van der Waals surface area contributed by atoms with E-state index in [0.717, 1.165) is 0 Å². The summed E-state index contributed by atoms with van der Waals surface area (Å²) < 4.78 is 0. The number of hydrogen-bond donors (Lipinski definition) is 1. The molecule has 0 aromatic carbocycles. The zero-order chi connectivity index (χ0) is 5.15. The van der Waals surface area contributed by atoms with Gasteiger partial charge in [-0.25, -0.2) is 0 Å². The van der Waals surface area contributed by atoms with E-state index in [1.54, 1.807) is 0 Å². The second-order valence-corrected chi connectivity index (χ2v) is 1.47. The van der Waals surface area contributed by atoms with Crippen LogP contribution in [0, 0.1) is 0 Å². The van der Waals surface area contributed by atoms with Gasteiger partial charge in [0.15, 0.2) is 0 Å². The van der Waals surface area contributed by atoms with Crippen molar-refractivity contribution in [3.63, 3.8) is 0 Å². The molecule has 0 aliphatic rings. The van der Waals surface area contributed by atoms with Crippen LogP contribution < -0.4 is 5.73 Å². The highest BCUT2D eigenvalue weighted by Gasteiger charge is 1.98. The zero-order valence-electron chi connectivity index (χ0n) is 3.44. The third-order valence-electron chi connectivity index (χ3n) is 0.358. The van der Waals surface area contributed by atoms with E-state index >= 15 is 0 Å². The molecule has 0 aliphatic carbocycles. The average Bonchev–Trinajstić information content (AvgIpc) is 1.36. The fourth-order valence-electron chi connectivity index (χ4n) is 0. The lowest BCUT2D eigenvalue weighted by molar-refractivity contribution is -0.112. The second-order valence-electron chi connectivity index (χ2n) is 1.09. The first-order chi connectivity index (χ1) is 2.64. The summed E-state index contributed by atoms with van der Waals surface area (Å²) in [5.41, 5.74) is 4.95. The lowest BCUT2D eigenvalue weighted by Gasteiger charge is -1.89. The Morgan fingerprint density at radius 1 is 2.00 bits per heavy atom. The number of hydrogen-bond acceptors (Lipinski definition) is 2. The standard InChI is InChI=1S/C3H6ClNO/c1-2(5)3(4)6/h2H,5H2,1H3/t2-/m0/s1. The molecule has 0 spiro atoms. The predicted octanol–water partition coefficient (Wildman–Crippen LogP) is 0.0990. The van der Waals surface area contributed by atoms with Crippen LogP contribution in [0.25, 0.3) is 0 Å². The van der Waals surface area contributed by atoms with Gasteiger partial charge in [0.2, 0.25) is 5.24 Å². The highest BCUT2D eigenvalue weighted by molar-refractivity contribution is 6.64. The minimum absolute atomic E-state index is 0.491.